The van der Waals surface area contributed by atoms with Gasteiger partial charge in [-0.25, -0.2) is 0 Å². The smallest absolute Gasteiger partial charge is 0.174 e. The number of rotatable bonds is 5. The predicted molar refractivity (Wildman–Crippen MR) is 73.0 cm³/mol. The first-order chi connectivity index (χ1) is 9.28. The van der Waals surface area contributed by atoms with E-state index in [0.717, 1.165) is 11.3 Å². The Morgan fingerprint density at radius 3 is 2.68 bits per heavy atom. The molecule has 0 aliphatic rings. The maximum absolute atomic E-state index is 9.20. The van der Waals surface area contributed by atoms with Crippen LogP contribution in [0.3, 0.4) is 0 Å². The predicted octanol–water partition coefficient (Wildman–Crippen LogP) is 2.91. The molecule has 0 saturated heterocycles. The Balaban J connectivity index is 1.95. The first kappa shape index (κ1) is 12.8. The zero-order chi connectivity index (χ0) is 13.5. The van der Waals surface area contributed by atoms with E-state index < -0.39 is 0 Å². The Bertz CT molecular complexity index is 573. The zero-order valence-corrected chi connectivity index (χ0v) is 10.3. The van der Waals surface area contributed by atoms with Gasteiger partial charge in [0.1, 0.15) is 17.6 Å². The van der Waals surface area contributed by atoms with Crippen LogP contribution >= 0.6 is 0 Å². The molecule has 0 aliphatic carbocycles. The van der Waals surface area contributed by atoms with Crippen LogP contribution in [0.15, 0.2) is 48.5 Å². The van der Waals surface area contributed by atoms with Crippen LogP contribution < -0.4 is 10.1 Å². The second-order valence-electron chi connectivity index (χ2n) is 3.99. The molecule has 19 heavy (non-hydrogen) atoms. The largest absolute Gasteiger partial charge is 0.508 e. The molecule has 2 aromatic rings. The highest BCUT2D eigenvalue weighted by Gasteiger charge is 1.97. The summed E-state index contributed by atoms with van der Waals surface area (Å²) in [4.78, 5) is 0. The van der Waals surface area contributed by atoms with E-state index in [1.807, 2.05) is 42.5 Å². The van der Waals surface area contributed by atoms with Crippen LogP contribution in [0.25, 0.3) is 0 Å². The van der Waals surface area contributed by atoms with Crippen molar-refractivity contribution in [2.45, 2.75) is 6.54 Å². The van der Waals surface area contributed by atoms with Crippen LogP contribution in [0.5, 0.6) is 11.5 Å². The first-order valence-electron chi connectivity index (χ1n) is 5.89. The average Bonchev–Trinajstić information content (AvgIpc) is 2.45. The van der Waals surface area contributed by atoms with Crippen molar-refractivity contribution >= 4 is 5.69 Å². The van der Waals surface area contributed by atoms with Gasteiger partial charge < -0.3 is 15.2 Å². The highest BCUT2D eigenvalue weighted by atomic mass is 16.5. The molecule has 0 heterocycles. The molecular formula is C15H14N2O2. The summed E-state index contributed by atoms with van der Waals surface area (Å²) in [5.41, 5.74) is 1.99. The van der Waals surface area contributed by atoms with Crippen molar-refractivity contribution < 1.29 is 9.84 Å². The lowest BCUT2D eigenvalue weighted by molar-refractivity contribution is 0.368. The molecule has 0 aliphatic heterocycles. The van der Waals surface area contributed by atoms with Crippen molar-refractivity contribution in [2.75, 3.05) is 11.9 Å². The number of nitrogens with one attached hydrogen (secondary N) is 1. The van der Waals surface area contributed by atoms with E-state index in [4.69, 9.17) is 10.00 Å². The summed E-state index contributed by atoms with van der Waals surface area (Å²) in [6.45, 7) is 0.698. The summed E-state index contributed by atoms with van der Waals surface area (Å²) in [6, 6.07) is 16.4. The van der Waals surface area contributed by atoms with Crippen LogP contribution in [-0.4, -0.2) is 11.7 Å². The molecule has 0 spiro atoms. The van der Waals surface area contributed by atoms with Crippen molar-refractivity contribution in [1.29, 1.82) is 5.26 Å². The molecular weight excluding hydrogens is 240 g/mol. The van der Waals surface area contributed by atoms with Crippen molar-refractivity contribution in [3.63, 3.8) is 0 Å². The third-order valence-electron chi connectivity index (χ3n) is 2.57. The number of nitriles is 1. The first-order valence-corrected chi connectivity index (χ1v) is 5.89. The van der Waals surface area contributed by atoms with Gasteiger partial charge in [0, 0.05) is 18.3 Å². The summed E-state index contributed by atoms with van der Waals surface area (Å²) in [5.74, 6) is 0.924. The van der Waals surface area contributed by atoms with E-state index in [1.54, 1.807) is 12.1 Å². The third-order valence-corrected chi connectivity index (χ3v) is 2.57. The van der Waals surface area contributed by atoms with Gasteiger partial charge in [0.05, 0.1) is 0 Å². The van der Waals surface area contributed by atoms with Gasteiger partial charge in [-0.1, -0.05) is 18.2 Å². The Kier molecular flexibility index (Phi) is 4.25. The molecule has 4 nitrogen and oxygen atoms in total. The van der Waals surface area contributed by atoms with E-state index in [9.17, 15) is 5.11 Å². The third kappa shape index (κ3) is 3.93. The fourth-order valence-electron chi connectivity index (χ4n) is 1.63. The van der Waals surface area contributed by atoms with Crippen molar-refractivity contribution in [3.05, 3.63) is 54.1 Å². The Labute approximate surface area is 111 Å². The lowest BCUT2D eigenvalue weighted by atomic mass is 10.2. The van der Waals surface area contributed by atoms with Crippen molar-refractivity contribution in [2.24, 2.45) is 0 Å². The number of aromatic hydroxyl groups is 1. The zero-order valence-electron chi connectivity index (χ0n) is 10.3. The van der Waals surface area contributed by atoms with Crippen LogP contribution in [-0.2, 0) is 6.54 Å². The summed E-state index contributed by atoms with van der Waals surface area (Å²) in [7, 11) is 0. The molecule has 96 valence electrons. The summed E-state index contributed by atoms with van der Waals surface area (Å²) in [6.07, 6.45) is 0. The van der Waals surface area contributed by atoms with Gasteiger partial charge in [0.25, 0.3) is 0 Å². The van der Waals surface area contributed by atoms with E-state index in [2.05, 4.69) is 5.32 Å². The topological polar surface area (TPSA) is 65.3 Å². The number of phenolic OH excluding ortho intramolecular Hbond substituents is 1. The van der Waals surface area contributed by atoms with Crippen molar-refractivity contribution in [3.8, 4) is 17.6 Å². The molecule has 0 bridgehead atoms. The summed E-state index contributed by atoms with van der Waals surface area (Å²) in [5, 5.41) is 20.9. The molecule has 2 rings (SSSR count). The van der Waals surface area contributed by atoms with E-state index in [0.29, 0.717) is 12.3 Å². The maximum Gasteiger partial charge on any atom is 0.174 e. The van der Waals surface area contributed by atoms with Crippen molar-refractivity contribution in [1.82, 2.24) is 0 Å². The number of hydrogen-bond donors (Lipinski definition) is 2. The van der Waals surface area contributed by atoms with Gasteiger partial charge in [-0.15, -0.1) is 0 Å². The van der Waals surface area contributed by atoms with E-state index in [-0.39, 0.29) is 12.4 Å². The number of phenols is 1. The quantitative estimate of drug-likeness (QED) is 0.861. The summed E-state index contributed by atoms with van der Waals surface area (Å²) >= 11 is 0. The van der Waals surface area contributed by atoms with Crippen LogP contribution in [0.4, 0.5) is 5.69 Å². The number of ether oxygens (including phenoxy) is 1. The van der Waals surface area contributed by atoms with Crippen LogP contribution in [0, 0.1) is 11.3 Å². The molecule has 0 atom stereocenters. The second-order valence-corrected chi connectivity index (χ2v) is 3.99. The Morgan fingerprint density at radius 1 is 1.16 bits per heavy atom. The van der Waals surface area contributed by atoms with E-state index in [1.165, 1.54) is 0 Å². The highest BCUT2D eigenvalue weighted by Crippen LogP contribution is 2.18. The van der Waals surface area contributed by atoms with Gasteiger partial charge in [0.15, 0.2) is 6.61 Å². The minimum Gasteiger partial charge on any atom is -0.508 e. The number of nitrogens with zero attached hydrogens (tertiary/aromatic N) is 1. The normalized spacial score (nSPS) is 9.63. The molecule has 0 fully saturated rings. The monoisotopic (exact) mass is 254 g/mol. The fourth-order valence-corrected chi connectivity index (χ4v) is 1.63. The molecule has 2 N–H and O–H groups in total. The lowest BCUT2D eigenvalue weighted by Gasteiger charge is -2.08. The van der Waals surface area contributed by atoms with Gasteiger partial charge in [-0.2, -0.15) is 5.26 Å². The maximum atomic E-state index is 9.20. The molecule has 4 heteroatoms. The standard InChI is InChI=1S/C15H14N2O2/c16-8-9-19-15-3-1-2-13(10-15)17-11-12-4-6-14(18)7-5-12/h1-7,10,17-18H,9,11H2. The minimum absolute atomic E-state index is 0.0431. The number of benzene rings is 2. The van der Waals surface area contributed by atoms with Gasteiger partial charge >= 0.3 is 0 Å². The van der Waals surface area contributed by atoms with Gasteiger partial charge in [0.2, 0.25) is 0 Å². The average molecular weight is 254 g/mol. The minimum atomic E-state index is 0.0431. The van der Waals surface area contributed by atoms with Gasteiger partial charge in [-0.05, 0) is 29.8 Å². The summed E-state index contributed by atoms with van der Waals surface area (Å²) < 4.78 is 5.23. The fraction of sp³-hybridized carbons (Fsp3) is 0.133. The Hall–Kier alpha value is -2.67. The Morgan fingerprint density at radius 2 is 1.95 bits per heavy atom. The molecule has 0 saturated carbocycles. The van der Waals surface area contributed by atoms with Gasteiger partial charge in [-0.3, -0.25) is 0 Å². The number of anilines is 1. The molecule has 0 unspecified atom stereocenters. The second kappa shape index (κ2) is 6.31. The molecule has 0 aromatic heterocycles. The SMILES string of the molecule is N#CCOc1cccc(NCc2ccc(O)cc2)c1. The molecule has 0 amide bonds. The van der Waals surface area contributed by atoms with Crippen LogP contribution in [0.2, 0.25) is 0 Å². The number of hydrogen-bond acceptors (Lipinski definition) is 4. The lowest BCUT2D eigenvalue weighted by Crippen LogP contribution is -2.00. The van der Waals surface area contributed by atoms with E-state index >= 15 is 0 Å². The van der Waals surface area contributed by atoms with Crippen LogP contribution in [0.1, 0.15) is 5.56 Å². The molecule has 0 radical (unpaired) electrons. The highest BCUT2D eigenvalue weighted by molar-refractivity contribution is 5.48. The molecule has 2 aromatic carbocycles.